The first-order valence-corrected chi connectivity index (χ1v) is 9.11. The summed E-state index contributed by atoms with van der Waals surface area (Å²) in [6.45, 7) is 9.61. The zero-order chi connectivity index (χ0) is 17.5. The number of nitrogens with one attached hydrogen (secondary N) is 1. The van der Waals surface area contributed by atoms with Crippen molar-refractivity contribution in [3.8, 4) is 0 Å². The minimum absolute atomic E-state index is 0.0289. The van der Waals surface area contributed by atoms with E-state index in [2.05, 4.69) is 25.1 Å². The van der Waals surface area contributed by atoms with E-state index in [4.69, 9.17) is 4.74 Å². The van der Waals surface area contributed by atoms with Crippen LogP contribution in [0.5, 0.6) is 0 Å². The van der Waals surface area contributed by atoms with E-state index in [1.807, 2.05) is 17.9 Å². The molecule has 1 aromatic heterocycles. The van der Waals surface area contributed by atoms with Gasteiger partial charge in [0.05, 0.1) is 12.7 Å². The number of piperazine rings is 1. The van der Waals surface area contributed by atoms with Gasteiger partial charge in [0.25, 0.3) is 0 Å². The Morgan fingerprint density at radius 1 is 1.24 bits per heavy atom. The molecule has 8 nitrogen and oxygen atoms in total. The third kappa shape index (κ3) is 5.27. The molecule has 2 amide bonds. The minimum atomic E-state index is 0.0289. The summed E-state index contributed by atoms with van der Waals surface area (Å²) in [5.74, 6) is 0.814. The Hall–Kier alpha value is -1.93. The molecule has 25 heavy (non-hydrogen) atoms. The van der Waals surface area contributed by atoms with Crippen molar-refractivity contribution in [3.05, 3.63) is 18.5 Å². The van der Waals surface area contributed by atoms with E-state index in [0.29, 0.717) is 26.2 Å². The first-order chi connectivity index (χ1) is 12.2. The molecule has 0 unspecified atom stereocenters. The van der Waals surface area contributed by atoms with Crippen LogP contribution in [0.2, 0.25) is 0 Å². The molecule has 2 aliphatic rings. The minimum Gasteiger partial charge on any atom is -0.375 e. The van der Waals surface area contributed by atoms with E-state index < -0.39 is 0 Å². The summed E-state index contributed by atoms with van der Waals surface area (Å²) < 4.78 is 5.46. The number of urea groups is 1. The van der Waals surface area contributed by atoms with Crippen LogP contribution in [0, 0.1) is 0 Å². The van der Waals surface area contributed by atoms with E-state index in [9.17, 15) is 4.79 Å². The van der Waals surface area contributed by atoms with Gasteiger partial charge in [-0.25, -0.2) is 14.8 Å². The van der Waals surface area contributed by atoms with Gasteiger partial charge in [-0.05, 0) is 26.0 Å². The van der Waals surface area contributed by atoms with Crippen LogP contribution in [-0.4, -0.2) is 90.9 Å². The third-order valence-electron chi connectivity index (χ3n) is 4.66. The number of carbonyl (C=O) groups excluding carboxylic acids is 1. The fraction of sp³-hybridized carbons (Fsp3) is 0.706. The van der Waals surface area contributed by atoms with Gasteiger partial charge in [0, 0.05) is 58.2 Å². The molecule has 1 aromatic rings. The fourth-order valence-corrected chi connectivity index (χ4v) is 3.24. The lowest BCUT2D eigenvalue weighted by Crippen LogP contribution is -2.50. The molecule has 3 heterocycles. The third-order valence-corrected chi connectivity index (χ3v) is 4.66. The van der Waals surface area contributed by atoms with Crippen molar-refractivity contribution in [2.45, 2.75) is 19.4 Å². The molecule has 3 rings (SSSR count). The van der Waals surface area contributed by atoms with E-state index in [-0.39, 0.29) is 12.1 Å². The molecular formula is C17H28N6O2. The molecule has 8 heteroatoms. The van der Waals surface area contributed by atoms with Gasteiger partial charge in [0.1, 0.15) is 0 Å². The highest BCUT2D eigenvalue weighted by Gasteiger charge is 2.21. The lowest BCUT2D eigenvalue weighted by molar-refractivity contribution is -0.00346. The number of carbonyl (C=O) groups is 1. The number of aromatic nitrogens is 2. The smallest absolute Gasteiger partial charge is 0.317 e. The Labute approximate surface area is 149 Å². The second-order valence-electron chi connectivity index (χ2n) is 6.59. The van der Waals surface area contributed by atoms with Crippen LogP contribution in [0.1, 0.15) is 13.3 Å². The molecule has 2 aliphatic heterocycles. The van der Waals surface area contributed by atoms with Crippen LogP contribution in [-0.2, 0) is 4.74 Å². The average Bonchev–Trinajstić information content (AvgIpc) is 2.66. The molecular weight excluding hydrogens is 320 g/mol. The van der Waals surface area contributed by atoms with Gasteiger partial charge in [-0.2, -0.15) is 0 Å². The number of anilines is 1. The second-order valence-corrected chi connectivity index (χ2v) is 6.59. The van der Waals surface area contributed by atoms with Crippen molar-refractivity contribution in [3.63, 3.8) is 0 Å². The standard InChI is InChI=1S/C17H28N6O2/c1-15-14-23(12-13-25-15)17(24)20-6-3-7-21-8-10-22(11-9-21)16-18-4-2-5-19-16/h2,4-5,15H,3,6-14H2,1H3,(H,20,24)/t15-/m0/s1. The SMILES string of the molecule is C[C@H]1CN(C(=O)NCCCN2CCN(c3ncccn3)CC2)CCO1. The molecule has 0 radical (unpaired) electrons. The van der Waals surface area contributed by atoms with Crippen LogP contribution in [0.4, 0.5) is 10.7 Å². The molecule has 1 N–H and O–H groups in total. The molecule has 0 saturated carbocycles. The summed E-state index contributed by atoms with van der Waals surface area (Å²) in [6.07, 6.45) is 4.66. The second kappa shape index (κ2) is 8.96. The number of hydrogen-bond acceptors (Lipinski definition) is 6. The maximum absolute atomic E-state index is 12.1. The Balaban J connectivity index is 1.29. The first-order valence-electron chi connectivity index (χ1n) is 9.11. The summed E-state index contributed by atoms with van der Waals surface area (Å²) in [5, 5.41) is 3.02. The number of amides is 2. The topological polar surface area (TPSA) is 73.8 Å². The summed E-state index contributed by atoms with van der Waals surface area (Å²) >= 11 is 0. The lowest BCUT2D eigenvalue weighted by Gasteiger charge is -2.34. The lowest BCUT2D eigenvalue weighted by atomic mass is 10.3. The van der Waals surface area contributed by atoms with Gasteiger partial charge in [0.2, 0.25) is 5.95 Å². The highest BCUT2D eigenvalue weighted by molar-refractivity contribution is 5.74. The summed E-state index contributed by atoms with van der Waals surface area (Å²) in [6, 6.07) is 1.87. The van der Waals surface area contributed by atoms with Gasteiger partial charge in [-0.1, -0.05) is 0 Å². The molecule has 0 spiro atoms. The molecule has 138 valence electrons. The highest BCUT2D eigenvalue weighted by Crippen LogP contribution is 2.09. The zero-order valence-corrected chi connectivity index (χ0v) is 14.9. The van der Waals surface area contributed by atoms with Crippen LogP contribution in [0.3, 0.4) is 0 Å². The first kappa shape index (κ1) is 17.9. The Morgan fingerprint density at radius 2 is 2.00 bits per heavy atom. The van der Waals surface area contributed by atoms with Crippen LogP contribution >= 0.6 is 0 Å². The maximum Gasteiger partial charge on any atom is 0.317 e. The summed E-state index contributed by atoms with van der Waals surface area (Å²) in [5.41, 5.74) is 0. The van der Waals surface area contributed by atoms with Gasteiger partial charge in [-0.3, -0.25) is 4.90 Å². The summed E-state index contributed by atoms with van der Waals surface area (Å²) in [7, 11) is 0. The predicted octanol–water partition coefficient (Wildman–Crippen LogP) is 0.419. The normalized spacial score (nSPS) is 22.0. The quantitative estimate of drug-likeness (QED) is 0.778. The van der Waals surface area contributed by atoms with Crippen LogP contribution < -0.4 is 10.2 Å². The highest BCUT2D eigenvalue weighted by atomic mass is 16.5. The van der Waals surface area contributed by atoms with Crippen LogP contribution in [0.25, 0.3) is 0 Å². The van der Waals surface area contributed by atoms with Crippen molar-refractivity contribution >= 4 is 12.0 Å². The Morgan fingerprint density at radius 3 is 2.72 bits per heavy atom. The maximum atomic E-state index is 12.1. The number of hydrogen-bond donors (Lipinski definition) is 1. The van der Waals surface area contributed by atoms with Gasteiger partial charge in [0.15, 0.2) is 0 Å². The van der Waals surface area contributed by atoms with Crippen molar-refractivity contribution in [2.75, 3.05) is 63.9 Å². The van der Waals surface area contributed by atoms with Gasteiger partial charge >= 0.3 is 6.03 Å². The van der Waals surface area contributed by atoms with Crippen molar-refractivity contribution in [2.24, 2.45) is 0 Å². The Bertz CT molecular complexity index is 535. The van der Waals surface area contributed by atoms with Crippen LogP contribution in [0.15, 0.2) is 18.5 Å². The van der Waals surface area contributed by atoms with Crippen molar-refractivity contribution < 1.29 is 9.53 Å². The largest absolute Gasteiger partial charge is 0.375 e. The molecule has 0 aliphatic carbocycles. The Kier molecular flexibility index (Phi) is 6.41. The molecule has 2 saturated heterocycles. The van der Waals surface area contributed by atoms with Crippen molar-refractivity contribution in [1.82, 2.24) is 25.1 Å². The van der Waals surface area contributed by atoms with E-state index in [1.165, 1.54) is 0 Å². The average molecular weight is 348 g/mol. The monoisotopic (exact) mass is 348 g/mol. The summed E-state index contributed by atoms with van der Waals surface area (Å²) in [4.78, 5) is 27.2. The van der Waals surface area contributed by atoms with Gasteiger partial charge < -0.3 is 19.9 Å². The number of nitrogens with zero attached hydrogens (tertiary/aromatic N) is 5. The fourth-order valence-electron chi connectivity index (χ4n) is 3.24. The number of morpholine rings is 1. The zero-order valence-electron chi connectivity index (χ0n) is 14.9. The van der Waals surface area contributed by atoms with E-state index in [1.54, 1.807) is 12.4 Å². The molecule has 2 fully saturated rings. The van der Waals surface area contributed by atoms with Crippen molar-refractivity contribution in [1.29, 1.82) is 0 Å². The predicted molar refractivity (Wildman–Crippen MR) is 95.7 cm³/mol. The molecule has 0 aromatic carbocycles. The van der Waals surface area contributed by atoms with E-state index in [0.717, 1.165) is 45.1 Å². The molecule has 0 bridgehead atoms. The number of ether oxygens (including phenoxy) is 1. The molecule has 1 atom stereocenters. The van der Waals surface area contributed by atoms with Gasteiger partial charge in [-0.15, -0.1) is 0 Å². The number of rotatable bonds is 5. The van der Waals surface area contributed by atoms with E-state index >= 15 is 0 Å².